The number of halogens is 2. The van der Waals surface area contributed by atoms with E-state index in [2.05, 4.69) is 10.2 Å². The molecule has 3 aromatic carbocycles. The number of aromatic nitrogens is 3. The van der Waals surface area contributed by atoms with E-state index in [0.29, 0.717) is 28.3 Å². The van der Waals surface area contributed by atoms with E-state index in [9.17, 15) is 14.0 Å². The lowest BCUT2D eigenvalue weighted by Gasteiger charge is -2.18. The summed E-state index contributed by atoms with van der Waals surface area (Å²) in [5.41, 5.74) is 3.04. The molecule has 1 N–H and O–H groups in total. The summed E-state index contributed by atoms with van der Waals surface area (Å²) in [4.78, 5) is 28.5. The maximum atomic E-state index is 15.1. The maximum absolute atomic E-state index is 15.1. The Bertz CT molecular complexity index is 1770. The average molecular weight is 529 g/mol. The Morgan fingerprint density at radius 3 is 2.44 bits per heavy atom. The van der Waals surface area contributed by atoms with Crippen molar-refractivity contribution < 1.29 is 18.3 Å². The van der Waals surface area contributed by atoms with Crippen molar-refractivity contribution in [1.82, 2.24) is 14.8 Å². The molecule has 2 heterocycles. The van der Waals surface area contributed by atoms with Crippen LogP contribution in [-0.2, 0) is 6.42 Å². The number of Topliss-reactive ketones (excluding diaryl/α,β-unsaturated/α-hetero) is 1. The molecule has 5 aromatic rings. The second-order valence-corrected chi connectivity index (χ2v) is 9.60. The molecule has 0 radical (unpaired) electrons. The number of rotatable bonds is 7. The van der Waals surface area contributed by atoms with E-state index in [1.807, 2.05) is 25.1 Å². The van der Waals surface area contributed by atoms with E-state index in [1.165, 1.54) is 41.0 Å². The summed E-state index contributed by atoms with van der Waals surface area (Å²) >= 11 is 0. The van der Waals surface area contributed by atoms with Gasteiger partial charge in [-0.15, -0.1) is 0 Å². The number of hydrogen-bond donors (Lipinski definition) is 1. The van der Waals surface area contributed by atoms with Crippen LogP contribution in [0.3, 0.4) is 0 Å². The number of aromatic amines is 1. The summed E-state index contributed by atoms with van der Waals surface area (Å²) in [7, 11) is 3.71. The van der Waals surface area contributed by atoms with Gasteiger partial charge in [0, 0.05) is 37.3 Å². The second-order valence-electron chi connectivity index (χ2n) is 9.60. The second kappa shape index (κ2) is 10.2. The van der Waals surface area contributed by atoms with Crippen molar-refractivity contribution in [3.8, 4) is 17.2 Å². The first kappa shape index (κ1) is 25.8. The van der Waals surface area contributed by atoms with Crippen LogP contribution in [-0.4, -0.2) is 34.6 Å². The van der Waals surface area contributed by atoms with Crippen LogP contribution in [0.2, 0.25) is 0 Å². The summed E-state index contributed by atoms with van der Waals surface area (Å²) in [6.07, 6.45) is 1.48. The molecule has 39 heavy (non-hydrogen) atoms. The number of benzene rings is 3. The molecule has 0 aliphatic heterocycles. The lowest BCUT2D eigenvalue weighted by Crippen LogP contribution is -2.29. The third kappa shape index (κ3) is 5.03. The van der Waals surface area contributed by atoms with E-state index in [1.54, 1.807) is 38.2 Å². The number of nitrogens with zero attached hydrogens (tertiary/aromatic N) is 3. The monoisotopic (exact) mass is 528 g/mol. The predicted octanol–water partition coefficient (Wildman–Crippen LogP) is 5.89. The van der Waals surface area contributed by atoms with Crippen LogP contribution in [0, 0.1) is 25.5 Å². The Balaban J connectivity index is 1.42. The van der Waals surface area contributed by atoms with Gasteiger partial charge in [0.1, 0.15) is 5.82 Å². The SMILES string of the molecule is Cc1cc(C)n(-c2ccc(F)cc2)c(=O)c1C(=O)Cc1ccc(Oc2cc3cn[nH]c3cc2N(C)C)c(F)c1. The maximum Gasteiger partial charge on any atom is 0.266 e. The summed E-state index contributed by atoms with van der Waals surface area (Å²) in [6, 6.07) is 15.1. The van der Waals surface area contributed by atoms with E-state index >= 15 is 4.39 Å². The zero-order chi connectivity index (χ0) is 27.8. The molecule has 0 saturated carbocycles. The highest BCUT2D eigenvalue weighted by Gasteiger charge is 2.20. The highest BCUT2D eigenvalue weighted by atomic mass is 19.1. The Labute approximate surface area is 223 Å². The van der Waals surface area contributed by atoms with Gasteiger partial charge in [-0.1, -0.05) is 6.07 Å². The normalized spacial score (nSPS) is 11.1. The fraction of sp³-hybridized carbons (Fsp3) is 0.167. The number of hydrogen-bond acceptors (Lipinski definition) is 5. The van der Waals surface area contributed by atoms with Crippen LogP contribution in [0.5, 0.6) is 11.5 Å². The molecule has 198 valence electrons. The fourth-order valence-corrected chi connectivity index (χ4v) is 4.66. The number of ether oxygens (including phenoxy) is 1. The number of ketones is 1. The van der Waals surface area contributed by atoms with Gasteiger partial charge < -0.3 is 9.64 Å². The molecular formula is C30H26F2N4O3. The summed E-state index contributed by atoms with van der Waals surface area (Å²) in [5, 5.41) is 7.75. The van der Waals surface area contributed by atoms with E-state index in [4.69, 9.17) is 4.74 Å². The van der Waals surface area contributed by atoms with Crippen molar-refractivity contribution in [3.63, 3.8) is 0 Å². The van der Waals surface area contributed by atoms with Gasteiger partial charge in [0.15, 0.2) is 23.1 Å². The van der Waals surface area contributed by atoms with Crippen molar-refractivity contribution in [2.45, 2.75) is 20.3 Å². The van der Waals surface area contributed by atoms with E-state index in [0.717, 1.165) is 16.6 Å². The number of aryl methyl sites for hydroxylation is 2. The highest BCUT2D eigenvalue weighted by Crippen LogP contribution is 2.36. The first-order valence-corrected chi connectivity index (χ1v) is 12.3. The minimum Gasteiger partial charge on any atom is -0.452 e. The Hall–Kier alpha value is -4.79. The van der Waals surface area contributed by atoms with E-state index < -0.39 is 23.0 Å². The van der Waals surface area contributed by atoms with Crippen LogP contribution in [0.25, 0.3) is 16.6 Å². The third-order valence-corrected chi connectivity index (χ3v) is 6.54. The third-order valence-electron chi connectivity index (χ3n) is 6.54. The molecule has 0 bridgehead atoms. The number of fused-ring (bicyclic) bond motifs is 1. The average Bonchev–Trinajstić information content (AvgIpc) is 3.33. The molecule has 9 heteroatoms. The van der Waals surface area contributed by atoms with Gasteiger partial charge in [-0.05, 0) is 79.6 Å². The summed E-state index contributed by atoms with van der Waals surface area (Å²) < 4.78 is 35.9. The van der Waals surface area contributed by atoms with Crippen molar-refractivity contribution >= 4 is 22.4 Å². The molecule has 0 amide bonds. The predicted molar refractivity (Wildman–Crippen MR) is 146 cm³/mol. The Kier molecular flexibility index (Phi) is 6.74. The zero-order valence-electron chi connectivity index (χ0n) is 21.9. The van der Waals surface area contributed by atoms with Crippen LogP contribution in [0.15, 0.2) is 71.7 Å². The standard InChI is InChI=1S/C30H26F2N4O3/c1-17-11-18(2)36(22-8-6-21(31)7-9-22)30(38)29(17)26(37)13-19-5-10-27(23(32)12-19)39-28-14-20-16-33-34-24(20)15-25(28)35(3)4/h5-12,14-16H,13H2,1-4H3,(H,33,34). The van der Waals surface area contributed by atoms with Gasteiger partial charge in [-0.2, -0.15) is 5.10 Å². The van der Waals surface area contributed by atoms with Crippen LogP contribution < -0.4 is 15.2 Å². The lowest BCUT2D eigenvalue weighted by atomic mass is 9.99. The number of carbonyl (C=O) groups is 1. The molecule has 7 nitrogen and oxygen atoms in total. The fourth-order valence-electron chi connectivity index (χ4n) is 4.66. The number of H-pyrrole nitrogens is 1. The van der Waals surface area contributed by atoms with Crippen molar-refractivity contribution in [3.05, 3.63) is 111 Å². The minimum absolute atomic E-state index is 0.00215. The van der Waals surface area contributed by atoms with Crippen LogP contribution >= 0.6 is 0 Å². The lowest BCUT2D eigenvalue weighted by molar-refractivity contribution is 0.0990. The van der Waals surface area contributed by atoms with Gasteiger partial charge in [0.25, 0.3) is 5.56 Å². The van der Waals surface area contributed by atoms with Gasteiger partial charge >= 0.3 is 0 Å². The first-order valence-electron chi connectivity index (χ1n) is 12.3. The van der Waals surface area contributed by atoms with Crippen LogP contribution in [0.1, 0.15) is 27.2 Å². The smallest absolute Gasteiger partial charge is 0.266 e. The molecule has 0 spiro atoms. The number of anilines is 1. The molecular weight excluding hydrogens is 502 g/mol. The van der Waals surface area contributed by atoms with Crippen molar-refractivity contribution in [2.75, 3.05) is 19.0 Å². The molecule has 0 unspecified atom stereocenters. The Morgan fingerprint density at radius 1 is 1.00 bits per heavy atom. The highest BCUT2D eigenvalue weighted by molar-refractivity contribution is 5.98. The molecule has 0 saturated heterocycles. The van der Waals surface area contributed by atoms with Gasteiger partial charge in [-0.3, -0.25) is 19.3 Å². The quantitative estimate of drug-likeness (QED) is 0.267. The van der Waals surface area contributed by atoms with Gasteiger partial charge in [-0.25, -0.2) is 8.78 Å². The Morgan fingerprint density at radius 2 is 1.74 bits per heavy atom. The molecule has 5 rings (SSSR count). The molecule has 0 atom stereocenters. The van der Waals surface area contributed by atoms with Crippen molar-refractivity contribution in [2.24, 2.45) is 0 Å². The number of pyridine rings is 1. The summed E-state index contributed by atoms with van der Waals surface area (Å²) in [5.74, 6) is -1.05. The molecule has 0 aliphatic carbocycles. The molecule has 0 fully saturated rings. The van der Waals surface area contributed by atoms with E-state index in [-0.39, 0.29) is 17.7 Å². The van der Waals surface area contributed by atoms with Gasteiger partial charge in [0.05, 0.1) is 23.0 Å². The molecule has 0 aliphatic rings. The first-order chi connectivity index (χ1) is 18.6. The van der Waals surface area contributed by atoms with Crippen LogP contribution in [0.4, 0.5) is 14.5 Å². The largest absolute Gasteiger partial charge is 0.452 e. The van der Waals surface area contributed by atoms with Gasteiger partial charge in [0.2, 0.25) is 0 Å². The number of carbonyl (C=O) groups excluding carboxylic acids is 1. The summed E-state index contributed by atoms with van der Waals surface area (Å²) in [6.45, 7) is 3.43. The molecule has 2 aromatic heterocycles. The number of nitrogens with one attached hydrogen (secondary N) is 1. The van der Waals surface area contributed by atoms with Crippen molar-refractivity contribution in [1.29, 1.82) is 0 Å². The minimum atomic E-state index is -0.637. The topological polar surface area (TPSA) is 80.2 Å². The zero-order valence-corrected chi connectivity index (χ0v) is 21.9.